The molecule has 0 radical (unpaired) electrons. The fourth-order valence-corrected chi connectivity index (χ4v) is 5.19. The highest BCUT2D eigenvalue weighted by Crippen LogP contribution is 2.55. The molecule has 116 valence electrons. The van der Waals surface area contributed by atoms with Crippen LogP contribution in [-0.2, 0) is 11.2 Å². The summed E-state index contributed by atoms with van der Waals surface area (Å²) in [4.78, 5) is 0.697. The Balaban J connectivity index is 1.44. The fourth-order valence-electron chi connectivity index (χ4n) is 4.10. The highest BCUT2D eigenvalue weighted by atomic mass is 79.9. The van der Waals surface area contributed by atoms with Gasteiger partial charge < -0.3 is 4.74 Å². The number of hydrogen-bond acceptors (Lipinski definition) is 1. The first kappa shape index (κ1) is 15.6. The number of ether oxygens (including phenoxy) is 1. The lowest BCUT2D eigenvalue weighted by Crippen LogP contribution is -2.55. The smallest absolute Gasteiger partial charge is 0.0652 e. The van der Waals surface area contributed by atoms with E-state index in [-0.39, 0.29) is 0 Å². The Morgan fingerprint density at radius 3 is 2.43 bits per heavy atom. The van der Waals surface area contributed by atoms with Crippen LogP contribution in [0.4, 0.5) is 0 Å². The molecule has 2 unspecified atom stereocenters. The van der Waals surface area contributed by atoms with Crippen molar-refractivity contribution in [2.24, 2.45) is 5.41 Å². The van der Waals surface area contributed by atoms with E-state index in [4.69, 9.17) is 4.74 Å². The van der Waals surface area contributed by atoms with Crippen molar-refractivity contribution in [1.29, 1.82) is 0 Å². The molecule has 21 heavy (non-hydrogen) atoms. The average Bonchev–Trinajstić information content (AvgIpc) is 2.79. The maximum Gasteiger partial charge on any atom is 0.0652 e. The average molecular weight is 351 g/mol. The van der Waals surface area contributed by atoms with E-state index in [1.54, 1.807) is 0 Å². The van der Waals surface area contributed by atoms with Crippen LogP contribution in [0.3, 0.4) is 0 Å². The molecule has 1 nitrogen and oxygen atoms in total. The van der Waals surface area contributed by atoms with Crippen molar-refractivity contribution in [3.8, 4) is 0 Å². The molecule has 2 atom stereocenters. The van der Waals surface area contributed by atoms with Gasteiger partial charge in [-0.3, -0.25) is 0 Å². The van der Waals surface area contributed by atoms with E-state index in [1.807, 2.05) is 0 Å². The van der Waals surface area contributed by atoms with Crippen LogP contribution in [0.2, 0.25) is 0 Å². The zero-order valence-corrected chi connectivity index (χ0v) is 14.5. The maximum absolute atomic E-state index is 6.29. The molecule has 0 aliphatic heterocycles. The van der Waals surface area contributed by atoms with Gasteiger partial charge in [-0.1, -0.05) is 71.9 Å². The lowest BCUT2D eigenvalue weighted by Gasteiger charge is -2.53. The van der Waals surface area contributed by atoms with Crippen LogP contribution in [-0.4, -0.2) is 17.5 Å². The third kappa shape index (κ3) is 3.53. The molecule has 2 aliphatic carbocycles. The quantitative estimate of drug-likeness (QED) is 0.502. The summed E-state index contributed by atoms with van der Waals surface area (Å²) in [5.41, 5.74) is 1.89. The fraction of sp³-hybridized carbons (Fsp3) is 0.684. The van der Waals surface area contributed by atoms with Crippen molar-refractivity contribution < 1.29 is 4.74 Å². The van der Waals surface area contributed by atoms with Crippen molar-refractivity contribution in [3.63, 3.8) is 0 Å². The molecule has 0 heterocycles. The van der Waals surface area contributed by atoms with Crippen LogP contribution in [0.15, 0.2) is 30.3 Å². The van der Waals surface area contributed by atoms with Crippen molar-refractivity contribution in [1.82, 2.24) is 0 Å². The van der Waals surface area contributed by atoms with E-state index in [0.29, 0.717) is 16.3 Å². The minimum Gasteiger partial charge on any atom is -0.378 e. The van der Waals surface area contributed by atoms with E-state index in [2.05, 4.69) is 46.3 Å². The highest BCUT2D eigenvalue weighted by molar-refractivity contribution is 9.09. The zero-order chi connectivity index (χ0) is 14.5. The van der Waals surface area contributed by atoms with Gasteiger partial charge in [0, 0.05) is 16.8 Å². The summed E-state index contributed by atoms with van der Waals surface area (Å²) in [5, 5.41) is 0. The Kier molecular flexibility index (Phi) is 5.39. The molecule has 2 aliphatic rings. The normalized spacial score (nSPS) is 28.0. The van der Waals surface area contributed by atoms with Crippen molar-refractivity contribution >= 4 is 15.9 Å². The second-order valence-electron chi connectivity index (χ2n) is 6.80. The topological polar surface area (TPSA) is 9.23 Å². The van der Waals surface area contributed by atoms with E-state index in [1.165, 1.54) is 50.5 Å². The minimum absolute atomic E-state index is 0.462. The van der Waals surface area contributed by atoms with E-state index in [9.17, 15) is 0 Å². The largest absolute Gasteiger partial charge is 0.378 e. The number of hydrogen-bond donors (Lipinski definition) is 0. The molecule has 0 bridgehead atoms. The van der Waals surface area contributed by atoms with Crippen LogP contribution in [0.1, 0.15) is 56.9 Å². The maximum atomic E-state index is 6.29. The van der Waals surface area contributed by atoms with Gasteiger partial charge in [-0.15, -0.1) is 0 Å². The second kappa shape index (κ2) is 7.28. The zero-order valence-electron chi connectivity index (χ0n) is 12.9. The van der Waals surface area contributed by atoms with Crippen molar-refractivity contribution in [3.05, 3.63) is 35.9 Å². The minimum atomic E-state index is 0.462. The molecule has 0 N–H and O–H groups in total. The number of aryl methyl sites for hydroxylation is 1. The molecule has 0 aromatic heterocycles. The Labute approximate surface area is 137 Å². The molecule has 0 saturated heterocycles. The summed E-state index contributed by atoms with van der Waals surface area (Å²) in [5.74, 6) is 0. The van der Waals surface area contributed by atoms with Crippen LogP contribution >= 0.6 is 15.9 Å². The van der Waals surface area contributed by atoms with Crippen molar-refractivity contribution in [2.75, 3.05) is 6.61 Å². The predicted molar refractivity (Wildman–Crippen MR) is 92.0 cm³/mol. The summed E-state index contributed by atoms with van der Waals surface area (Å²) < 4.78 is 6.29. The molecule has 3 rings (SSSR count). The molecule has 2 saturated carbocycles. The molecule has 1 aromatic carbocycles. The van der Waals surface area contributed by atoms with Gasteiger partial charge in [0.2, 0.25) is 0 Å². The summed E-state index contributed by atoms with van der Waals surface area (Å²) in [6, 6.07) is 10.8. The number of alkyl halides is 1. The summed E-state index contributed by atoms with van der Waals surface area (Å²) in [6.07, 6.45) is 12.4. The molecule has 0 amide bonds. The molecule has 1 spiro atoms. The van der Waals surface area contributed by atoms with Crippen LogP contribution in [0.25, 0.3) is 0 Å². The van der Waals surface area contributed by atoms with E-state index < -0.39 is 0 Å². The molecule has 2 fully saturated rings. The van der Waals surface area contributed by atoms with Crippen molar-refractivity contribution in [2.45, 2.75) is 68.7 Å². The van der Waals surface area contributed by atoms with Crippen LogP contribution in [0, 0.1) is 5.41 Å². The standard InChI is InChI=1S/C19H27BrO/c20-17-15-18(19(17)12-6-1-2-7-13-19)21-14-8-11-16-9-4-3-5-10-16/h3-5,9-10,17-18H,1-2,6-8,11-15H2. The molecule has 2 heteroatoms. The molecule has 1 aromatic rings. The first-order valence-corrected chi connectivity index (χ1v) is 9.52. The van der Waals surface area contributed by atoms with Gasteiger partial charge in [-0.05, 0) is 37.7 Å². The lowest BCUT2D eigenvalue weighted by molar-refractivity contribution is -0.111. The first-order valence-electron chi connectivity index (χ1n) is 8.61. The van der Waals surface area contributed by atoms with Gasteiger partial charge in [0.05, 0.1) is 6.10 Å². The number of benzene rings is 1. The van der Waals surface area contributed by atoms with Crippen LogP contribution < -0.4 is 0 Å². The molecular formula is C19H27BrO. The van der Waals surface area contributed by atoms with Gasteiger partial charge in [0.25, 0.3) is 0 Å². The Hall–Kier alpha value is -0.340. The second-order valence-corrected chi connectivity index (χ2v) is 7.90. The van der Waals surface area contributed by atoms with Gasteiger partial charge in [0.1, 0.15) is 0 Å². The highest BCUT2D eigenvalue weighted by Gasteiger charge is 2.53. The summed E-state index contributed by atoms with van der Waals surface area (Å²) in [7, 11) is 0. The molecular weight excluding hydrogens is 324 g/mol. The Morgan fingerprint density at radius 1 is 1.05 bits per heavy atom. The first-order chi connectivity index (χ1) is 10.3. The van der Waals surface area contributed by atoms with Gasteiger partial charge in [-0.25, -0.2) is 0 Å². The summed E-state index contributed by atoms with van der Waals surface area (Å²) >= 11 is 3.92. The number of halogens is 1. The Bertz CT molecular complexity index is 422. The van der Waals surface area contributed by atoms with Gasteiger partial charge in [-0.2, -0.15) is 0 Å². The van der Waals surface area contributed by atoms with Crippen LogP contribution in [0.5, 0.6) is 0 Å². The van der Waals surface area contributed by atoms with E-state index >= 15 is 0 Å². The summed E-state index contributed by atoms with van der Waals surface area (Å²) in [6.45, 7) is 0.918. The SMILES string of the molecule is BrC1CC(OCCCc2ccccc2)C12CCCCCC2. The monoisotopic (exact) mass is 350 g/mol. The van der Waals surface area contributed by atoms with Gasteiger partial charge >= 0.3 is 0 Å². The van der Waals surface area contributed by atoms with Gasteiger partial charge in [0.15, 0.2) is 0 Å². The Morgan fingerprint density at radius 2 is 1.76 bits per heavy atom. The lowest BCUT2D eigenvalue weighted by atomic mass is 9.61. The predicted octanol–water partition coefficient (Wildman–Crippen LogP) is 5.51. The van der Waals surface area contributed by atoms with E-state index in [0.717, 1.165) is 19.4 Å². The third-order valence-corrected chi connectivity index (χ3v) is 6.78. The third-order valence-electron chi connectivity index (χ3n) is 5.49. The number of rotatable bonds is 5.